The zero-order valence-corrected chi connectivity index (χ0v) is 7.70. The molecule has 0 amide bonds. The Kier molecular flexibility index (Phi) is 5.34. The average Bonchev–Trinajstić information content (AvgIpc) is 2.05. The molecule has 0 rings (SSSR count). The van der Waals surface area contributed by atoms with Crippen molar-refractivity contribution in [2.24, 2.45) is 5.73 Å². The minimum absolute atomic E-state index is 0.218. The topological polar surface area (TPSA) is 78.6 Å². The summed E-state index contributed by atoms with van der Waals surface area (Å²) in [5, 5.41) is 0. The van der Waals surface area contributed by atoms with Crippen LogP contribution in [-0.2, 0) is 19.1 Å². The van der Waals surface area contributed by atoms with Gasteiger partial charge in [-0.1, -0.05) is 0 Å². The fraction of sp³-hybridized carbons (Fsp3) is 0.500. The summed E-state index contributed by atoms with van der Waals surface area (Å²) in [6, 6.07) is 0. The molecule has 0 atom stereocenters. The van der Waals surface area contributed by atoms with E-state index in [0.29, 0.717) is 0 Å². The fourth-order valence-corrected chi connectivity index (χ4v) is 0.584. The van der Waals surface area contributed by atoms with Crippen LogP contribution in [0.2, 0.25) is 0 Å². The monoisotopic (exact) mass is 187 g/mol. The first-order valence-corrected chi connectivity index (χ1v) is 3.92. The molecular weight excluding hydrogens is 174 g/mol. The number of hydrogen-bond donors (Lipinski definition) is 1. The molecular formula is C8H13NO4. The third kappa shape index (κ3) is 4.84. The van der Waals surface area contributed by atoms with Crippen molar-refractivity contribution in [3.05, 3.63) is 11.8 Å². The van der Waals surface area contributed by atoms with Gasteiger partial charge in [-0.3, -0.25) is 0 Å². The highest BCUT2D eigenvalue weighted by atomic mass is 16.5. The molecule has 0 fully saturated rings. The van der Waals surface area contributed by atoms with Crippen molar-refractivity contribution in [3.63, 3.8) is 0 Å². The Morgan fingerprint density at radius 2 is 1.77 bits per heavy atom. The zero-order chi connectivity index (χ0) is 10.3. The quantitative estimate of drug-likeness (QED) is 0.493. The van der Waals surface area contributed by atoms with E-state index in [-0.39, 0.29) is 18.9 Å². The van der Waals surface area contributed by atoms with Gasteiger partial charge < -0.3 is 15.2 Å². The maximum Gasteiger partial charge on any atom is 0.354 e. The first-order chi connectivity index (χ1) is 6.11. The molecule has 0 aliphatic heterocycles. The van der Waals surface area contributed by atoms with Gasteiger partial charge in [0, 0.05) is 0 Å². The summed E-state index contributed by atoms with van der Waals surface area (Å²) < 4.78 is 9.08. The maximum atomic E-state index is 10.9. The van der Waals surface area contributed by atoms with Crippen LogP contribution in [0.25, 0.3) is 0 Å². The van der Waals surface area contributed by atoms with E-state index in [2.05, 4.69) is 9.47 Å². The van der Waals surface area contributed by atoms with Gasteiger partial charge in [0.15, 0.2) is 0 Å². The highest BCUT2D eigenvalue weighted by molar-refractivity contribution is 5.95. The van der Waals surface area contributed by atoms with Crippen LogP contribution in [0.1, 0.15) is 13.8 Å². The lowest BCUT2D eigenvalue weighted by Crippen LogP contribution is -2.17. The minimum atomic E-state index is -0.712. The van der Waals surface area contributed by atoms with E-state index < -0.39 is 11.9 Å². The van der Waals surface area contributed by atoms with Crippen molar-refractivity contribution < 1.29 is 19.1 Å². The highest BCUT2D eigenvalue weighted by Crippen LogP contribution is 1.91. The Morgan fingerprint density at radius 1 is 1.23 bits per heavy atom. The average molecular weight is 187 g/mol. The van der Waals surface area contributed by atoms with Crippen LogP contribution < -0.4 is 5.73 Å². The third-order valence-corrected chi connectivity index (χ3v) is 1.07. The van der Waals surface area contributed by atoms with Crippen LogP contribution in [-0.4, -0.2) is 25.2 Å². The van der Waals surface area contributed by atoms with Crippen molar-refractivity contribution in [1.82, 2.24) is 0 Å². The van der Waals surface area contributed by atoms with E-state index in [9.17, 15) is 9.59 Å². The number of carbonyl (C=O) groups excluding carboxylic acids is 2. The minimum Gasteiger partial charge on any atom is -0.463 e. The van der Waals surface area contributed by atoms with E-state index in [1.54, 1.807) is 13.8 Å². The van der Waals surface area contributed by atoms with E-state index in [1.807, 2.05) is 0 Å². The predicted molar refractivity (Wildman–Crippen MR) is 45.5 cm³/mol. The Bertz CT molecular complexity index is 222. The summed E-state index contributed by atoms with van der Waals surface area (Å²) in [5.74, 6) is -1.36. The first-order valence-electron chi connectivity index (χ1n) is 3.92. The molecule has 0 aromatic rings. The lowest BCUT2D eigenvalue weighted by Gasteiger charge is -2.00. The summed E-state index contributed by atoms with van der Waals surface area (Å²) in [6.45, 7) is 3.77. The molecule has 0 saturated heterocycles. The predicted octanol–water partition coefficient (Wildman–Crippen LogP) is -0.0448. The molecule has 74 valence electrons. The van der Waals surface area contributed by atoms with Crippen LogP contribution in [0.4, 0.5) is 0 Å². The molecule has 0 radical (unpaired) electrons. The Morgan fingerprint density at radius 3 is 2.23 bits per heavy atom. The molecule has 0 saturated carbocycles. The number of rotatable bonds is 4. The van der Waals surface area contributed by atoms with Crippen molar-refractivity contribution >= 4 is 11.9 Å². The van der Waals surface area contributed by atoms with Crippen molar-refractivity contribution in [2.75, 3.05) is 13.2 Å². The molecule has 0 aliphatic carbocycles. The Balaban J connectivity index is 4.14. The van der Waals surface area contributed by atoms with Crippen LogP contribution in [0.5, 0.6) is 0 Å². The highest BCUT2D eigenvalue weighted by Gasteiger charge is 2.08. The molecule has 0 unspecified atom stereocenters. The van der Waals surface area contributed by atoms with Gasteiger partial charge in [0.2, 0.25) is 0 Å². The molecule has 0 spiro atoms. The maximum absolute atomic E-state index is 10.9. The van der Waals surface area contributed by atoms with Gasteiger partial charge in [0.05, 0.1) is 19.3 Å². The van der Waals surface area contributed by atoms with E-state index in [0.717, 1.165) is 6.08 Å². The lowest BCUT2D eigenvalue weighted by molar-refractivity contribution is -0.141. The molecule has 2 N–H and O–H groups in total. The number of ether oxygens (including phenoxy) is 2. The smallest absolute Gasteiger partial charge is 0.354 e. The second kappa shape index (κ2) is 6.05. The SMILES string of the molecule is CCOC(=O)C=C(N)C(=O)OCC. The van der Waals surface area contributed by atoms with Gasteiger partial charge in [-0.2, -0.15) is 0 Å². The molecule has 13 heavy (non-hydrogen) atoms. The summed E-state index contributed by atoms with van der Waals surface area (Å²) in [4.78, 5) is 21.6. The normalized spacial score (nSPS) is 10.8. The number of hydrogen-bond acceptors (Lipinski definition) is 5. The molecule has 0 heterocycles. The summed E-state index contributed by atoms with van der Waals surface area (Å²) in [5.41, 5.74) is 4.97. The summed E-state index contributed by atoms with van der Waals surface area (Å²) >= 11 is 0. The standard InChI is InChI=1S/C8H13NO4/c1-3-12-7(10)5-6(9)8(11)13-4-2/h5H,3-4,9H2,1-2H3. The van der Waals surface area contributed by atoms with Gasteiger partial charge >= 0.3 is 11.9 Å². The van der Waals surface area contributed by atoms with Gasteiger partial charge in [0.1, 0.15) is 5.70 Å². The largest absolute Gasteiger partial charge is 0.463 e. The molecule has 5 nitrogen and oxygen atoms in total. The van der Waals surface area contributed by atoms with E-state index >= 15 is 0 Å². The zero-order valence-electron chi connectivity index (χ0n) is 7.70. The molecule has 0 aromatic carbocycles. The van der Waals surface area contributed by atoms with Gasteiger partial charge in [-0.05, 0) is 13.8 Å². The van der Waals surface area contributed by atoms with Crippen LogP contribution in [0.15, 0.2) is 11.8 Å². The van der Waals surface area contributed by atoms with E-state index in [4.69, 9.17) is 5.73 Å². The van der Waals surface area contributed by atoms with Crippen molar-refractivity contribution in [1.29, 1.82) is 0 Å². The molecule has 0 bridgehead atoms. The third-order valence-electron chi connectivity index (χ3n) is 1.07. The van der Waals surface area contributed by atoms with Gasteiger partial charge in [-0.15, -0.1) is 0 Å². The second-order valence-electron chi connectivity index (χ2n) is 2.07. The van der Waals surface area contributed by atoms with Crippen molar-refractivity contribution in [2.45, 2.75) is 13.8 Å². The second-order valence-corrected chi connectivity index (χ2v) is 2.07. The van der Waals surface area contributed by atoms with Crippen LogP contribution in [0.3, 0.4) is 0 Å². The van der Waals surface area contributed by atoms with E-state index in [1.165, 1.54) is 0 Å². The number of esters is 2. The first kappa shape index (κ1) is 11.5. The lowest BCUT2D eigenvalue weighted by atomic mass is 10.4. The molecule has 0 aliphatic rings. The number of carbonyl (C=O) groups is 2. The van der Waals surface area contributed by atoms with Crippen molar-refractivity contribution in [3.8, 4) is 0 Å². The number of nitrogens with two attached hydrogens (primary N) is 1. The van der Waals surface area contributed by atoms with Crippen LogP contribution >= 0.6 is 0 Å². The van der Waals surface area contributed by atoms with Gasteiger partial charge in [-0.25, -0.2) is 9.59 Å². The molecule has 0 aromatic heterocycles. The Labute approximate surface area is 76.5 Å². The van der Waals surface area contributed by atoms with Crippen LogP contribution in [0, 0.1) is 0 Å². The molecule has 5 heteroatoms. The fourth-order valence-electron chi connectivity index (χ4n) is 0.584. The summed E-state index contributed by atoms with van der Waals surface area (Å²) in [6.07, 6.45) is 0.904. The van der Waals surface area contributed by atoms with Gasteiger partial charge in [0.25, 0.3) is 0 Å². The Hall–Kier alpha value is -1.52. The summed E-state index contributed by atoms with van der Waals surface area (Å²) in [7, 11) is 0.